The second-order valence-corrected chi connectivity index (χ2v) is 5.53. The summed E-state index contributed by atoms with van der Waals surface area (Å²) >= 11 is 0. The monoisotopic (exact) mass is 262 g/mol. The molecular weight excluding hydrogens is 236 g/mol. The van der Waals surface area contributed by atoms with Crippen molar-refractivity contribution in [3.63, 3.8) is 0 Å². The number of hydrogen-bond donors (Lipinski definition) is 2. The van der Waals surface area contributed by atoms with Crippen LogP contribution in [-0.2, 0) is 6.54 Å². The van der Waals surface area contributed by atoms with Gasteiger partial charge in [0.2, 0.25) is 0 Å². The highest BCUT2D eigenvalue weighted by Crippen LogP contribution is 2.19. The number of aliphatic hydroxyl groups excluding tert-OH is 1. The second-order valence-electron chi connectivity index (χ2n) is 5.53. The quantitative estimate of drug-likeness (QED) is 0.856. The summed E-state index contributed by atoms with van der Waals surface area (Å²) < 4.78 is 0. The lowest BCUT2D eigenvalue weighted by atomic mass is 10.2. The molecule has 1 heterocycles. The molecule has 0 spiro atoms. The molecule has 1 aromatic carbocycles. The summed E-state index contributed by atoms with van der Waals surface area (Å²) in [6.45, 7) is 5.39. The number of aliphatic hydroxyl groups is 1. The Balaban J connectivity index is 1.89. The highest BCUT2D eigenvalue weighted by atomic mass is 16.3. The fraction of sp³-hybridized carbons (Fsp3) is 0.625. The maximum Gasteiger partial charge on any atom is 0.0582 e. The van der Waals surface area contributed by atoms with Crippen LogP contribution in [0.5, 0.6) is 0 Å². The fourth-order valence-corrected chi connectivity index (χ4v) is 2.51. The molecule has 0 aliphatic carbocycles. The Morgan fingerprint density at radius 2 is 1.74 bits per heavy atom. The molecule has 0 unspecified atom stereocenters. The molecule has 0 radical (unpaired) electrons. The zero-order valence-electron chi connectivity index (χ0n) is 11.9. The van der Waals surface area contributed by atoms with Gasteiger partial charge in [-0.3, -0.25) is 0 Å². The van der Waals surface area contributed by atoms with Crippen molar-refractivity contribution in [2.45, 2.75) is 45.2 Å². The third-order valence-corrected chi connectivity index (χ3v) is 3.84. The van der Waals surface area contributed by atoms with E-state index in [1.54, 1.807) is 0 Å². The first-order chi connectivity index (χ1) is 9.29. The van der Waals surface area contributed by atoms with Gasteiger partial charge in [0.25, 0.3) is 0 Å². The molecule has 1 aliphatic heterocycles. The predicted octanol–water partition coefficient (Wildman–Crippen LogP) is 2.54. The standard InChI is InChI=1S/C16H26N2O/c1-14(13-19)17-12-15-6-8-16(9-7-15)18-10-4-2-3-5-11-18/h6-9,14,17,19H,2-5,10-13H2,1H3/t14-/m1/s1. The molecule has 1 atom stereocenters. The van der Waals surface area contributed by atoms with Crippen LogP contribution >= 0.6 is 0 Å². The first-order valence-corrected chi connectivity index (χ1v) is 7.48. The molecule has 3 nitrogen and oxygen atoms in total. The largest absolute Gasteiger partial charge is 0.395 e. The first-order valence-electron chi connectivity index (χ1n) is 7.48. The van der Waals surface area contributed by atoms with E-state index in [2.05, 4.69) is 34.5 Å². The SMILES string of the molecule is C[C@H](CO)NCc1ccc(N2CCCCCC2)cc1. The molecule has 19 heavy (non-hydrogen) atoms. The zero-order valence-corrected chi connectivity index (χ0v) is 11.9. The van der Waals surface area contributed by atoms with Crippen LogP contribution in [0.1, 0.15) is 38.2 Å². The Morgan fingerprint density at radius 3 is 2.32 bits per heavy atom. The van der Waals surface area contributed by atoms with E-state index in [9.17, 15) is 0 Å². The van der Waals surface area contributed by atoms with Crippen LogP contribution in [0, 0.1) is 0 Å². The summed E-state index contributed by atoms with van der Waals surface area (Å²) in [6.07, 6.45) is 5.38. The van der Waals surface area contributed by atoms with E-state index in [0.717, 1.165) is 6.54 Å². The van der Waals surface area contributed by atoms with Gasteiger partial charge in [-0.15, -0.1) is 0 Å². The van der Waals surface area contributed by atoms with Gasteiger partial charge >= 0.3 is 0 Å². The van der Waals surface area contributed by atoms with E-state index >= 15 is 0 Å². The lowest BCUT2D eigenvalue weighted by molar-refractivity contribution is 0.251. The van der Waals surface area contributed by atoms with Crippen LogP contribution in [0.2, 0.25) is 0 Å². The van der Waals surface area contributed by atoms with Gasteiger partial charge in [-0.05, 0) is 37.5 Å². The van der Waals surface area contributed by atoms with E-state index < -0.39 is 0 Å². The highest BCUT2D eigenvalue weighted by Gasteiger charge is 2.09. The minimum Gasteiger partial charge on any atom is -0.395 e. The van der Waals surface area contributed by atoms with Crippen LogP contribution in [-0.4, -0.2) is 30.8 Å². The molecule has 0 bridgehead atoms. The van der Waals surface area contributed by atoms with E-state index in [-0.39, 0.29) is 12.6 Å². The van der Waals surface area contributed by atoms with Crippen molar-refractivity contribution >= 4 is 5.69 Å². The fourth-order valence-electron chi connectivity index (χ4n) is 2.51. The Morgan fingerprint density at radius 1 is 1.11 bits per heavy atom. The minimum atomic E-state index is 0.158. The third kappa shape index (κ3) is 4.51. The molecular formula is C16H26N2O. The lowest BCUT2D eigenvalue weighted by Crippen LogP contribution is -2.28. The summed E-state index contributed by atoms with van der Waals surface area (Å²) in [5.41, 5.74) is 2.62. The number of nitrogens with zero attached hydrogens (tertiary/aromatic N) is 1. The normalized spacial score (nSPS) is 18.1. The van der Waals surface area contributed by atoms with Crippen molar-refractivity contribution in [3.05, 3.63) is 29.8 Å². The number of anilines is 1. The molecule has 1 saturated heterocycles. The molecule has 1 aromatic rings. The van der Waals surface area contributed by atoms with Gasteiger partial charge in [0.15, 0.2) is 0 Å². The number of hydrogen-bond acceptors (Lipinski definition) is 3. The third-order valence-electron chi connectivity index (χ3n) is 3.84. The Kier molecular flexibility index (Phi) is 5.67. The van der Waals surface area contributed by atoms with Crippen molar-refractivity contribution in [1.82, 2.24) is 5.32 Å². The first kappa shape index (κ1) is 14.4. The Hall–Kier alpha value is -1.06. The Bertz CT molecular complexity index is 356. The maximum absolute atomic E-state index is 8.98. The molecule has 1 fully saturated rings. The van der Waals surface area contributed by atoms with Gasteiger partial charge in [0.05, 0.1) is 6.61 Å². The average molecular weight is 262 g/mol. The molecule has 2 rings (SSSR count). The van der Waals surface area contributed by atoms with E-state index in [0.29, 0.717) is 0 Å². The van der Waals surface area contributed by atoms with Crippen LogP contribution in [0.25, 0.3) is 0 Å². The summed E-state index contributed by atoms with van der Waals surface area (Å²) in [6, 6.07) is 9.00. The molecule has 3 heteroatoms. The van der Waals surface area contributed by atoms with Crippen molar-refractivity contribution in [2.75, 3.05) is 24.6 Å². The lowest BCUT2D eigenvalue weighted by Gasteiger charge is -2.23. The minimum absolute atomic E-state index is 0.158. The summed E-state index contributed by atoms with van der Waals surface area (Å²) in [5, 5.41) is 12.3. The van der Waals surface area contributed by atoms with Gasteiger partial charge in [0, 0.05) is 31.4 Å². The van der Waals surface area contributed by atoms with Gasteiger partial charge in [0.1, 0.15) is 0 Å². The average Bonchev–Trinajstić information content (AvgIpc) is 2.74. The van der Waals surface area contributed by atoms with Gasteiger partial charge in [-0.25, -0.2) is 0 Å². The second kappa shape index (κ2) is 7.51. The molecule has 2 N–H and O–H groups in total. The van der Waals surface area contributed by atoms with E-state index in [1.807, 2.05) is 6.92 Å². The van der Waals surface area contributed by atoms with Crippen LogP contribution in [0.4, 0.5) is 5.69 Å². The molecule has 1 aliphatic rings. The predicted molar refractivity (Wildman–Crippen MR) is 80.5 cm³/mol. The Labute approximate surface area is 116 Å². The molecule has 0 aromatic heterocycles. The van der Waals surface area contributed by atoms with E-state index in [1.165, 1.54) is 50.0 Å². The summed E-state index contributed by atoms with van der Waals surface area (Å²) in [7, 11) is 0. The van der Waals surface area contributed by atoms with Crippen molar-refractivity contribution < 1.29 is 5.11 Å². The number of benzene rings is 1. The number of rotatable bonds is 5. The maximum atomic E-state index is 8.98. The topological polar surface area (TPSA) is 35.5 Å². The molecule has 0 saturated carbocycles. The smallest absolute Gasteiger partial charge is 0.0582 e. The van der Waals surface area contributed by atoms with Crippen LogP contribution in [0.15, 0.2) is 24.3 Å². The number of nitrogens with one attached hydrogen (secondary N) is 1. The van der Waals surface area contributed by atoms with Crippen molar-refractivity contribution in [3.8, 4) is 0 Å². The van der Waals surface area contributed by atoms with Crippen LogP contribution in [0.3, 0.4) is 0 Å². The van der Waals surface area contributed by atoms with Crippen LogP contribution < -0.4 is 10.2 Å². The van der Waals surface area contributed by atoms with Gasteiger partial charge < -0.3 is 15.3 Å². The molecule has 106 valence electrons. The van der Waals surface area contributed by atoms with E-state index in [4.69, 9.17) is 5.11 Å². The van der Waals surface area contributed by atoms with Crippen molar-refractivity contribution in [2.24, 2.45) is 0 Å². The molecule has 0 amide bonds. The highest BCUT2D eigenvalue weighted by molar-refractivity contribution is 5.47. The summed E-state index contributed by atoms with van der Waals surface area (Å²) in [4.78, 5) is 2.50. The zero-order chi connectivity index (χ0) is 13.5. The summed E-state index contributed by atoms with van der Waals surface area (Å²) in [5.74, 6) is 0. The van der Waals surface area contributed by atoms with Gasteiger partial charge in [-0.2, -0.15) is 0 Å². The van der Waals surface area contributed by atoms with Gasteiger partial charge in [-0.1, -0.05) is 25.0 Å². The van der Waals surface area contributed by atoms with Crippen molar-refractivity contribution in [1.29, 1.82) is 0 Å².